The second-order valence-electron chi connectivity index (χ2n) is 2.85. The van der Waals surface area contributed by atoms with Crippen molar-refractivity contribution >= 4 is 23.2 Å². The Hall–Kier alpha value is 0.360. The second kappa shape index (κ2) is 5.91. The van der Waals surface area contributed by atoms with E-state index in [9.17, 15) is 9.32 Å². The summed E-state index contributed by atoms with van der Waals surface area (Å²) in [6, 6.07) is 0. The zero-order valence-electron chi connectivity index (χ0n) is 7.16. The Morgan fingerprint density at radius 2 is 2.25 bits per heavy atom. The Balaban J connectivity index is 0.00000121. The number of aliphatic hydroxyl groups is 1. The van der Waals surface area contributed by atoms with Gasteiger partial charge in [0.2, 0.25) is 0 Å². The predicted octanol–water partition coefficient (Wildman–Crippen LogP) is -0.100. The Bertz CT molecular complexity index is 156. The van der Waals surface area contributed by atoms with Crippen molar-refractivity contribution in [3.05, 3.63) is 0 Å². The van der Waals surface area contributed by atoms with Crippen LogP contribution in [-0.2, 0) is 10.8 Å². The van der Waals surface area contributed by atoms with E-state index in [1.165, 1.54) is 0 Å². The lowest BCUT2D eigenvalue weighted by atomic mass is 10.3. The van der Waals surface area contributed by atoms with Crippen molar-refractivity contribution in [2.45, 2.75) is 24.7 Å². The van der Waals surface area contributed by atoms with Crippen LogP contribution in [0.2, 0.25) is 0 Å². The third kappa shape index (κ3) is 3.01. The summed E-state index contributed by atoms with van der Waals surface area (Å²) in [7, 11) is -0.838. The molecule has 0 aromatic heterocycles. The van der Waals surface area contributed by atoms with Gasteiger partial charge in [-0.05, 0) is 6.42 Å². The normalized spacial score (nSPS) is 31.2. The number of rotatable bonds is 3. The quantitative estimate of drug-likeness (QED) is 0.689. The molecule has 1 aliphatic heterocycles. The molecule has 0 aliphatic carbocycles. The summed E-state index contributed by atoms with van der Waals surface area (Å²) in [6.45, 7) is 3.31. The maximum absolute atomic E-state index is 11.4. The van der Waals surface area contributed by atoms with E-state index in [-0.39, 0.29) is 17.7 Å². The fraction of sp³-hybridized carbons (Fsp3) is 1.00. The highest BCUT2D eigenvalue weighted by Crippen LogP contribution is 2.08. The summed E-state index contributed by atoms with van der Waals surface area (Å²) in [4.78, 5) is 0. The molecule has 2 N–H and O–H groups in total. The average Bonchev–Trinajstić information content (AvgIpc) is 2.36. The molecule has 1 aliphatic rings. The first-order chi connectivity index (χ1) is 5.25. The molecule has 12 heavy (non-hydrogen) atoms. The van der Waals surface area contributed by atoms with Gasteiger partial charge in [0, 0.05) is 29.6 Å². The molecule has 3 nitrogen and oxygen atoms in total. The standard InChI is InChI=1S/C7H15NO2S.ClH/c1-2-3-11(10)7-5-8-4-6(7)9;/h6-9H,2-5H2,1H3;1H. The Labute approximate surface area is 81.8 Å². The molecule has 0 radical (unpaired) electrons. The van der Waals surface area contributed by atoms with Crippen molar-refractivity contribution in [2.75, 3.05) is 18.8 Å². The van der Waals surface area contributed by atoms with Crippen LogP contribution in [0, 0.1) is 0 Å². The number of aliphatic hydroxyl groups excluding tert-OH is 1. The van der Waals surface area contributed by atoms with Gasteiger partial charge in [-0.3, -0.25) is 4.21 Å². The van der Waals surface area contributed by atoms with E-state index >= 15 is 0 Å². The van der Waals surface area contributed by atoms with E-state index < -0.39 is 16.9 Å². The number of hydrogen-bond acceptors (Lipinski definition) is 3. The number of halogens is 1. The molecule has 5 heteroatoms. The molecule has 0 aromatic rings. The minimum absolute atomic E-state index is 0. The van der Waals surface area contributed by atoms with Gasteiger partial charge in [0.15, 0.2) is 0 Å². The maximum atomic E-state index is 11.4. The summed E-state index contributed by atoms with van der Waals surface area (Å²) < 4.78 is 11.4. The van der Waals surface area contributed by atoms with Crippen LogP contribution in [-0.4, -0.2) is 39.5 Å². The van der Waals surface area contributed by atoms with Gasteiger partial charge in [-0.2, -0.15) is 0 Å². The first-order valence-corrected chi connectivity index (χ1v) is 5.40. The van der Waals surface area contributed by atoms with Gasteiger partial charge in [-0.15, -0.1) is 12.4 Å². The molecule has 0 aromatic carbocycles. The summed E-state index contributed by atoms with van der Waals surface area (Å²) in [5.41, 5.74) is 0. The van der Waals surface area contributed by atoms with E-state index in [1.807, 2.05) is 6.92 Å². The number of nitrogens with one attached hydrogen (secondary N) is 1. The van der Waals surface area contributed by atoms with Gasteiger partial charge >= 0.3 is 0 Å². The molecule has 1 rings (SSSR count). The van der Waals surface area contributed by atoms with Gasteiger partial charge < -0.3 is 10.4 Å². The van der Waals surface area contributed by atoms with Crippen LogP contribution in [0.5, 0.6) is 0 Å². The lowest BCUT2D eigenvalue weighted by Crippen LogP contribution is -2.29. The molecule has 3 unspecified atom stereocenters. The molecule has 1 saturated heterocycles. The zero-order valence-corrected chi connectivity index (χ0v) is 8.79. The van der Waals surface area contributed by atoms with Crippen LogP contribution < -0.4 is 5.32 Å². The van der Waals surface area contributed by atoms with E-state index in [2.05, 4.69) is 5.32 Å². The van der Waals surface area contributed by atoms with Gasteiger partial charge in [-0.1, -0.05) is 6.92 Å². The number of hydrogen-bond donors (Lipinski definition) is 2. The van der Waals surface area contributed by atoms with Crippen LogP contribution >= 0.6 is 12.4 Å². The van der Waals surface area contributed by atoms with Crippen LogP contribution in [0.4, 0.5) is 0 Å². The first-order valence-electron chi connectivity index (χ1n) is 4.01. The molecule has 3 atom stereocenters. The second-order valence-corrected chi connectivity index (χ2v) is 4.62. The van der Waals surface area contributed by atoms with Crippen LogP contribution in [0.1, 0.15) is 13.3 Å². The molecule has 0 spiro atoms. The molecule has 0 bridgehead atoms. The zero-order chi connectivity index (χ0) is 8.27. The van der Waals surface area contributed by atoms with Crippen LogP contribution in [0.25, 0.3) is 0 Å². The van der Waals surface area contributed by atoms with Crippen molar-refractivity contribution in [1.29, 1.82) is 0 Å². The number of β-amino-alcohol motifs (C(OH)–C–C–N with tert-alkyl or cyclic N) is 1. The molecule has 1 heterocycles. The average molecular weight is 214 g/mol. The molecule has 0 saturated carbocycles. The minimum atomic E-state index is -0.838. The lowest BCUT2D eigenvalue weighted by molar-refractivity contribution is 0.199. The minimum Gasteiger partial charge on any atom is -0.390 e. The van der Waals surface area contributed by atoms with E-state index in [0.29, 0.717) is 18.8 Å². The van der Waals surface area contributed by atoms with Gasteiger partial charge in [-0.25, -0.2) is 0 Å². The maximum Gasteiger partial charge on any atom is 0.0820 e. The summed E-state index contributed by atoms with van der Waals surface area (Å²) >= 11 is 0. The van der Waals surface area contributed by atoms with Crippen LogP contribution in [0.15, 0.2) is 0 Å². The van der Waals surface area contributed by atoms with Crippen molar-refractivity contribution in [1.82, 2.24) is 5.32 Å². The predicted molar refractivity (Wildman–Crippen MR) is 53.2 cm³/mol. The third-order valence-electron chi connectivity index (χ3n) is 1.87. The molecule has 0 amide bonds. The van der Waals surface area contributed by atoms with Gasteiger partial charge in [0.1, 0.15) is 0 Å². The van der Waals surface area contributed by atoms with Gasteiger partial charge in [0.25, 0.3) is 0 Å². The molecular formula is C7H16ClNO2S. The SMILES string of the molecule is CCCS(=O)C1CNCC1O.Cl. The van der Waals surface area contributed by atoms with Crippen molar-refractivity contribution in [2.24, 2.45) is 0 Å². The monoisotopic (exact) mass is 213 g/mol. The third-order valence-corrected chi connectivity index (χ3v) is 3.84. The van der Waals surface area contributed by atoms with Crippen molar-refractivity contribution < 1.29 is 9.32 Å². The highest BCUT2D eigenvalue weighted by molar-refractivity contribution is 7.85. The molecular weight excluding hydrogens is 198 g/mol. The summed E-state index contributed by atoms with van der Waals surface area (Å²) in [5, 5.41) is 12.3. The highest BCUT2D eigenvalue weighted by atomic mass is 35.5. The van der Waals surface area contributed by atoms with Crippen molar-refractivity contribution in [3.8, 4) is 0 Å². The van der Waals surface area contributed by atoms with Crippen LogP contribution in [0.3, 0.4) is 0 Å². The Morgan fingerprint density at radius 1 is 1.58 bits per heavy atom. The van der Waals surface area contributed by atoms with E-state index in [1.54, 1.807) is 0 Å². The molecule has 1 fully saturated rings. The Kier molecular flexibility index (Phi) is 6.09. The highest BCUT2D eigenvalue weighted by Gasteiger charge is 2.29. The lowest BCUT2D eigenvalue weighted by Gasteiger charge is -2.11. The fourth-order valence-electron chi connectivity index (χ4n) is 1.26. The first kappa shape index (κ1) is 12.4. The van der Waals surface area contributed by atoms with Crippen molar-refractivity contribution in [3.63, 3.8) is 0 Å². The Morgan fingerprint density at radius 3 is 2.67 bits per heavy atom. The largest absolute Gasteiger partial charge is 0.390 e. The summed E-state index contributed by atoms with van der Waals surface area (Å²) in [5.74, 6) is 0.712. The van der Waals surface area contributed by atoms with E-state index in [0.717, 1.165) is 6.42 Å². The van der Waals surface area contributed by atoms with E-state index in [4.69, 9.17) is 0 Å². The fourth-order valence-corrected chi connectivity index (χ4v) is 2.72. The summed E-state index contributed by atoms with van der Waals surface area (Å²) in [6.07, 6.45) is 0.526. The smallest absolute Gasteiger partial charge is 0.0820 e. The molecule has 74 valence electrons. The van der Waals surface area contributed by atoms with Gasteiger partial charge in [0.05, 0.1) is 11.4 Å². The topological polar surface area (TPSA) is 49.3 Å².